The predicted octanol–water partition coefficient (Wildman–Crippen LogP) is 7.69. The summed E-state index contributed by atoms with van der Waals surface area (Å²) in [5.74, 6) is 2.46. The van der Waals surface area contributed by atoms with Crippen LogP contribution >= 0.6 is 11.3 Å². The predicted molar refractivity (Wildman–Crippen MR) is 149 cm³/mol. The van der Waals surface area contributed by atoms with Crippen molar-refractivity contribution in [1.82, 2.24) is 4.98 Å². The van der Waals surface area contributed by atoms with Crippen molar-refractivity contribution in [2.24, 2.45) is 45.8 Å². The molecule has 0 amide bonds. The van der Waals surface area contributed by atoms with E-state index in [0.29, 0.717) is 35.2 Å². The van der Waals surface area contributed by atoms with Crippen LogP contribution in [-0.4, -0.2) is 27.4 Å². The van der Waals surface area contributed by atoms with E-state index in [1.165, 1.54) is 25.7 Å². The van der Waals surface area contributed by atoms with Gasteiger partial charge in [0.15, 0.2) is 0 Å². The largest absolute Gasteiger partial charge is 0.393 e. The van der Waals surface area contributed by atoms with Crippen LogP contribution < -0.4 is 0 Å². The Morgan fingerprint density at radius 3 is 2.59 bits per heavy atom. The fourth-order valence-corrected chi connectivity index (χ4v) is 11.2. The Hall–Kier alpha value is -1.04. The summed E-state index contributed by atoms with van der Waals surface area (Å²) < 4.78 is 15.1. The molecule has 0 saturated heterocycles. The van der Waals surface area contributed by atoms with Gasteiger partial charge >= 0.3 is 0 Å². The summed E-state index contributed by atoms with van der Waals surface area (Å²) in [6.07, 6.45) is 10.4. The van der Waals surface area contributed by atoms with Crippen LogP contribution in [0.1, 0.15) is 96.1 Å². The minimum absolute atomic E-state index is 0.166. The zero-order valence-corrected chi connectivity index (χ0v) is 24.2. The smallest absolute Gasteiger partial charge is 0.128 e. The molecule has 1 aromatic carbocycles. The highest BCUT2D eigenvalue weighted by molar-refractivity contribution is 7.18. The molecule has 37 heavy (non-hydrogen) atoms. The molecule has 3 nitrogen and oxygen atoms in total. The molecule has 6 rings (SSSR count). The minimum Gasteiger partial charge on any atom is -0.393 e. The van der Waals surface area contributed by atoms with Crippen LogP contribution in [0, 0.1) is 58.6 Å². The second kappa shape index (κ2) is 8.99. The molecular weight excluding hydrogens is 481 g/mol. The molecule has 204 valence electrons. The maximum Gasteiger partial charge on any atom is 0.128 e. The average Bonchev–Trinajstić information content (AvgIpc) is 3.37. The number of nitrogens with zero attached hydrogens (tertiary/aromatic N) is 1. The Bertz CT molecular complexity index is 1140. The average molecular weight is 528 g/mol. The van der Waals surface area contributed by atoms with Gasteiger partial charge in [-0.05, 0) is 129 Å². The molecule has 2 N–H and O–H groups in total. The Morgan fingerprint density at radius 1 is 1.05 bits per heavy atom. The topological polar surface area (TPSA) is 53.4 Å². The van der Waals surface area contributed by atoms with Gasteiger partial charge in [-0.2, -0.15) is 0 Å². The van der Waals surface area contributed by atoms with Crippen LogP contribution in [-0.2, 0) is 6.42 Å². The molecule has 4 saturated carbocycles. The van der Waals surface area contributed by atoms with Crippen LogP contribution in [0.2, 0.25) is 0 Å². The monoisotopic (exact) mass is 527 g/mol. The van der Waals surface area contributed by atoms with Gasteiger partial charge in [-0.15, -0.1) is 11.3 Å². The normalized spacial score (nSPS) is 44.3. The number of aromatic nitrogens is 1. The standard InChI is InChI=1S/C32H46FNO2S/c1-18-14-27-25(17-24(18)33)34-28(37-27)7-6-19(2)31(4)12-10-23-29-22(9-13-32(23,31)5)30(3)11-8-21(35)15-20(30)16-26(29)36/h14,17,19-23,26,29,35-36H,6-13,15-16H2,1-5H3/t19?,20-,21+,22?,23-,26+,29+,30-,31+,32-/m0/s1. The Morgan fingerprint density at radius 2 is 1.81 bits per heavy atom. The van der Waals surface area contributed by atoms with Crippen molar-refractivity contribution in [3.05, 3.63) is 28.5 Å². The van der Waals surface area contributed by atoms with E-state index in [0.717, 1.165) is 53.7 Å². The van der Waals surface area contributed by atoms with E-state index in [1.807, 2.05) is 13.0 Å². The van der Waals surface area contributed by atoms with E-state index in [1.54, 1.807) is 17.4 Å². The van der Waals surface area contributed by atoms with E-state index in [4.69, 9.17) is 4.98 Å². The van der Waals surface area contributed by atoms with Crippen molar-refractivity contribution >= 4 is 21.6 Å². The van der Waals surface area contributed by atoms with Crippen molar-refractivity contribution in [3.63, 3.8) is 0 Å². The summed E-state index contributed by atoms with van der Waals surface area (Å²) >= 11 is 1.72. The SMILES string of the molecule is Cc1cc2sc(CCC(C)[C@@]3(C)CC[C@H]4[C@H]5C(CC[C@@]43C)[C@@]3(C)CC[C@@H](O)C[C@H]3C[C@H]5O)nc2cc1F. The minimum atomic E-state index is -0.220. The highest BCUT2D eigenvalue weighted by Gasteiger charge is 2.65. The van der Waals surface area contributed by atoms with Gasteiger partial charge in [0.25, 0.3) is 0 Å². The fourth-order valence-electron chi connectivity index (χ4n) is 10.2. The first-order chi connectivity index (χ1) is 17.5. The molecule has 4 aliphatic carbocycles. The maximum atomic E-state index is 14.0. The molecule has 10 atom stereocenters. The number of aliphatic hydroxyl groups is 2. The lowest BCUT2D eigenvalue weighted by molar-refractivity contribution is -0.183. The molecule has 2 aromatic rings. The second-order valence-corrected chi connectivity index (χ2v) is 15.4. The number of benzene rings is 1. The molecular formula is C32H46FNO2S. The second-order valence-electron chi connectivity index (χ2n) is 14.3. The third-order valence-electron chi connectivity index (χ3n) is 12.9. The molecule has 0 bridgehead atoms. The van der Waals surface area contributed by atoms with Gasteiger partial charge in [-0.1, -0.05) is 27.7 Å². The number of halogens is 1. The first-order valence-corrected chi connectivity index (χ1v) is 15.7. The molecule has 2 unspecified atom stereocenters. The van der Waals surface area contributed by atoms with Gasteiger partial charge in [0, 0.05) is 6.07 Å². The molecule has 1 heterocycles. The van der Waals surface area contributed by atoms with Gasteiger partial charge in [0.1, 0.15) is 5.82 Å². The highest BCUT2D eigenvalue weighted by atomic mass is 32.1. The van der Waals surface area contributed by atoms with Crippen LogP contribution in [0.3, 0.4) is 0 Å². The molecule has 0 radical (unpaired) electrons. The Kier molecular flexibility index (Phi) is 6.37. The van der Waals surface area contributed by atoms with E-state index in [9.17, 15) is 14.6 Å². The third-order valence-corrected chi connectivity index (χ3v) is 14.0. The molecule has 4 aliphatic rings. The number of rotatable bonds is 4. The number of aryl methyl sites for hydroxylation is 2. The third kappa shape index (κ3) is 3.88. The lowest BCUT2D eigenvalue weighted by Crippen LogP contribution is -2.59. The Balaban J connectivity index is 1.20. The van der Waals surface area contributed by atoms with Gasteiger partial charge in [0.05, 0.1) is 27.4 Å². The van der Waals surface area contributed by atoms with Gasteiger partial charge in [0.2, 0.25) is 0 Å². The molecule has 0 spiro atoms. The number of thiazole rings is 1. The lowest BCUT2D eigenvalue weighted by Gasteiger charge is -2.63. The maximum absolute atomic E-state index is 14.0. The summed E-state index contributed by atoms with van der Waals surface area (Å²) in [5.41, 5.74) is 2.27. The van der Waals surface area contributed by atoms with Gasteiger partial charge in [-0.25, -0.2) is 9.37 Å². The van der Waals surface area contributed by atoms with E-state index in [-0.39, 0.29) is 34.3 Å². The van der Waals surface area contributed by atoms with Crippen LogP contribution in [0.4, 0.5) is 4.39 Å². The highest BCUT2D eigenvalue weighted by Crippen LogP contribution is 2.72. The van der Waals surface area contributed by atoms with Gasteiger partial charge < -0.3 is 10.2 Å². The molecule has 5 heteroatoms. The first kappa shape index (κ1) is 26.2. The van der Waals surface area contributed by atoms with Crippen molar-refractivity contribution in [3.8, 4) is 0 Å². The summed E-state index contributed by atoms with van der Waals surface area (Å²) in [4.78, 5) is 4.78. The first-order valence-electron chi connectivity index (χ1n) is 14.9. The molecule has 1 aromatic heterocycles. The van der Waals surface area contributed by atoms with Crippen LogP contribution in [0.25, 0.3) is 10.2 Å². The summed E-state index contributed by atoms with van der Waals surface area (Å²) in [6, 6.07) is 3.52. The number of aliphatic hydroxyl groups excluding tert-OH is 2. The zero-order valence-electron chi connectivity index (χ0n) is 23.4. The van der Waals surface area contributed by atoms with Crippen molar-refractivity contribution in [2.45, 2.75) is 111 Å². The summed E-state index contributed by atoms with van der Waals surface area (Å²) in [5, 5.41) is 23.0. The van der Waals surface area contributed by atoms with E-state index < -0.39 is 0 Å². The van der Waals surface area contributed by atoms with Gasteiger partial charge in [-0.3, -0.25) is 0 Å². The van der Waals surface area contributed by atoms with Crippen molar-refractivity contribution in [1.29, 1.82) is 0 Å². The van der Waals surface area contributed by atoms with Crippen molar-refractivity contribution < 1.29 is 14.6 Å². The number of hydrogen-bond acceptors (Lipinski definition) is 4. The zero-order chi connectivity index (χ0) is 26.3. The van der Waals surface area contributed by atoms with E-state index >= 15 is 0 Å². The quantitative estimate of drug-likeness (QED) is 0.428. The lowest BCUT2D eigenvalue weighted by atomic mass is 9.42. The summed E-state index contributed by atoms with van der Waals surface area (Å²) in [6.45, 7) is 11.9. The number of hydrogen-bond donors (Lipinski definition) is 2. The fraction of sp³-hybridized carbons (Fsp3) is 0.781. The van der Waals surface area contributed by atoms with E-state index in [2.05, 4.69) is 27.7 Å². The van der Waals surface area contributed by atoms with Crippen LogP contribution in [0.5, 0.6) is 0 Å². The van der Waals surface area contributed by atoms with Crippen molar-refractivity contribution in [2.75, 3.05) is 0 Å². The summed E-state index contributed by atoms with van der Waals surface area (Å²) in [7, 11) is 0. The van der Waals surface area contributed by atoms with Crippen LogP contribution in [0.15, 0.2) is 12.1 Å². The number of fused-ring (bicyclic) bond motifs is 6. The molecule has 4 fully saturated rings. The Labute approximate surface area is 226 Å². The molecule has 0 aliphatic heterocycles.